The quantitative estimate of drug-likeness (QED) is 0.701. The zero-order chi connectivity index (χ0) is 10.1. The Morgan fingerprint density at radius 1 is 1.43 bits per heavy atom. The van der Waals surface area contributed by atoms with E-state index in [1.54, 1.807) is 12.1 Å². The molecule has 0 bridgehead atoms. The highest BCUT2D eigenvalue weighted by Crippen LogP contribution is 2.23. The summed E-state index contributed by atoms with van der Waals surface area (Å²) >= 11 is 0. The smallest absolute Gasteiger partial charge is 0.211 e. The Morgan fingerprint density at radius 2 is 2.21 bits per heavy atom. The molecule has 0 saturated heterocycles. The van der Waals surface area contributed by atoms with Gasteiger partial charge < -0.3 is 15.3 Å². The van der Waals surface area contributed by atoms with Gasteiger partial charge in [0.25, 0.3) is 0 Å². The van der Waals surface area contributed by atoms with Crippen LogP contribution in [0.5, 0.6) is 5.75 Å². The average molecular weight is 191 g/mol. The van der Waals surface area contributed by atoms with Gasteiger partial charge in [0.15, 0.2) is 5.76 Å². The van der Waals surface area contributed by atoms with Crippen LogP contribution in [0.3, 0.4) is 0 Å². The number of nitrogens with two attached hydrogens (primary N) is 1. The average Bonchev–Trinajstić information content (AvgIpc) is 2.59. The van der Waals surface area contributed by atoms with Crippen LogP contribution in [0, 0.1) is 0 Å². The first-order chi connectivity index (χ1) is 6.70. The third kappa shape index (κ3) is 1.36. The molecule has 0 fully saturated rings. The highest BCUT2D eigenvalue weighted by Gasteiger charge is 2.10. The van der Waals surface area contributed by atoms with E-state index in [0.29, 0.717) is 11.0 Å². The first-order valence-corrected chi connectivity index (χ1v) is 4.16. The molecule has 0 unspecified atom stereocenters. The third-order valence-corrected chi connectivity index (χ3v) is 1.96. The van der Waals surface area contributed by atoms with Gasteiger partial charge in [-0.1, -0.05) is 0 Å². The summed E-state index contributed by atoms with van der Waals surface area (Å²) in [5.74, 6) is 0.124. The molecule has 1 aromatic heterocycles. The molecule has 72 valence electrons. The summed E-state index contributed by atoms with van der Waals surface area (Å²) in [7, 11) is 0. The second kappa shape index (κ2) is 3.16. The van der Waals surface area contributed by atoms with Crippen molar-refractivity contribution in [3.8, 4) is 5.75 Å². The molecule has 1 heterocycles. The first-order valence-electron chi connectivity index (χ1n) is 4.16. The summed E-state index contributed by atoms with van der Waals surface area (Å²) in [4.78, 5) is 11.2. The molecule has 2 rings (SSSR count). The molecular formula is C10H9NO3. The lowest BCUT2D eigenvalue weighted by Gasteiger charge is -1.89. The number of aromatic hydroxyl groups is 1. The SMILES string of the molecule is NCC(=O)c1cc2cc(O)ccc2o1. The van der Waals surface area contributed by atoms with Crippen molar-refractivity contribution in [2.24, 2.45) is 5.73 Å². The van der Waals surface area contributed by atoms with E-state index < -0.39 is 0 Å². The molecule has 3 N–H and O–H groups in total. The molecule has 4 heteroatoms. The van der Waals surface area contributed by atoms with E-state index in [0.717, 1.165) is 0 Å². The van der Waals surface area contributed by atoms with E-state index in [-0.39, 0.29) is 23.8 Å². The van der Waals surface area contributed by atoms with Crippen LogP contribution in [-0.2, 0) is 0 Å². The fourth-order valence-corrected chi connectivity index (χ4v) is 1.27. The molecule has 14 heavy (non-hydrogen) atoms. The fourth-order valence-electron chi connectivity index (χ4n) is 1.27. The summed E-state index contributed by atoms with van der Waals surface area (Å²) in [6.45, 7) is -0.0776. The maximum absolute atomic E-state index is 11.2. The van der Waals surface area contributed by atoms with Crippen molar-refractivity contribution in [1.29, 1.82) is 0 Å². The number of phenols is 1. The minimum atomic E-state index is -0.249. The second-order valence-electron chi connectivity index (χ2n) is 2.96. The van der Waals surface area contributed by atoms with Crippen molar-refractivity contribution in [3.05, 3.63) is 30.0 Å². The van der Waals surface area contributed by atoms with Crippen molar-refractivity contribution >= 4 is 16.8 Å². The molecule has 4 nitrogen and oxygen atoms in total. The van der Waals surface area contributed by atoms with Gasteiger partial charge in [-0.2, -0.15) is 0 Å². The predicted molar refractivity (Wildman–Crippen MR) is 51.3 cm³/mol. The number of ketones is 1. The molecule has 0 spiro atoms. The van der Waals surface area contributed by atoms with Crippen LogP contribution in [0.4, 0.5) is 0 Å². The molecule has 0 radical (unpaired) electrons. The Hall–Kier alpha value is -1.81. The second-order valence-corrected chi connectivity index (χ2v) is 2.96. The lowest BCUT2D eigenvalue weighted by molar-refractivity contribution is 0.0977. The lowest BCUT2D eigenvalue weighted by Crippen LogP contribution is -2.12. The van der Waals surface area contributed by atoms with Crippen LogP contribution in [0.1, 0.15) is 10.6 Å². The van der Waals surface area contributed by atoms with Crippen molar-refractivity contribution in [1.82, 2.24) is 0 Å². The number of hydrogen-bond acceptors (Lipinski definition) is 4. The number of furan rings is 1. The Balaban J connectivity index is 2.56. The van der Waals surface area contributed by atoms with Crippen molar-refractivity contribution in [2.45, 2.75) is 0 Å². The Bertz CT molecular complexity index is 487. The molecule has 0 aliphatic carbocycles. The molecular weight excluding hydrogens is 182 g/mol. The summed E-state index contributed by atoms with van der Waals surface area (Å²) in [6, 6.07) is 6.22. The number of Topliss-reactive ketones (excluding diaryl/α,β-unsaturated/α-hetero) is 1. The van der Waals surface area contributed by atoms with Gasteiger partial charge in [0, 0.05) is 5.39 Å². The van der Waals surface area contributed by atoms with Crippen molar-refractivity contribution in [3.63, 3.8) is 0 Å². The Labute approximate surface area is 79.9 Å². The van der Waals surface area contributed by atoms with Crippen LogP contribution in [0.15, 0.2) is 28.7 Å². The molecule has 0 aliphatic rings. The number of carbonyl (C=O) groups is 1. The molecule has 0 amide bonds. The van der Waals surface area contributed by atoms with Gasteiger partial charge in [0.2, 0.25) is 5.78 Å². The molecule has 1 aromatic carbocycles. The van der Waals surface area contributed by atoms with Gasteiger partial charge in [-0.25, -0.2) is 0 Å². The Morgan fingerprint density at radius 3 is 2.93 bits per heavy atom. The summed E-state index contributed by atoms with van der Waals surface area (Å²) in [6.07, 6.45) is 0. The van der Waals surface area contributed by atoms with E-state index in [1.165, 1.54) is 12.1 Å². The number of hydrogen-bond donors (Lipinski definition) is 2. The van der Waals surface area contributed by atoms with E-state index >= 15 is 0 Å². The predicted octanol–water partition coefficient (Wildman–Crippen LogP) is 1.28. The van der Waals surface area contributed by atoms with E-state index in [2.05, 4.69) is 0 Å². The third-order valence-electron chi connectivity index (χ3n) is 1.96. The minimum Gasteiger partial charge on any atom is -0.508 e. The van der Waals surface area contributed by atoms with E-state index in [1.807, 2.05) is 0 Å². The summed E-state index contributed by atoms with van der Waals surface area (Å²) in [5.41, 5.74) is 5.77. The topological polar surface area (TPSA) is 76.5 Å². The summed E-state index contributed by atoms with van der Waals surface area (Å²) < 4.78 is 5.24. The normalized spacial score (nSPS) is 10.6. The highest BCUT2D eigenvalue weighted by molar-refractivity contribution is 5.98. The van der Waals surface area contributed by atoms with Gasteiger partial charge in [-0.15, -0.1) is 0 Å². The van der Waals surface area contributed by atoms with Crippen LogP contribution in [0.2, 0.25) is 0 Å². The zero-order valence-corrected chi connectivity index (χ0v) is 7.36. The van der Waals surface area contributed by atoms with Gasteiger partial charge in [0.05, 0.1) is 6.54 Å². The number of phenolic OH excluding ortho intramolecular Hbond substituents is 1. The molecule has 0 aliphatic heterocycles. The van der Waals surface area contributed by atoms with E-state index in [4.69, 9.17) is 10.2 Å². The maximum Gasteiger partial charge on any atom is 0.211 e. The van der Waals surface area contributed by atoms with Crippen molar-refractivity contribution < 1.29 is 14.3 Å². The number of rotatable bonds is 2. The van der Waals surface area contributed by atoms with E-state index in [9.17, 15) is 9.90 Å². The number of fused-ring (bicyclic) bond motifs is 1. The highest BCUT2D eigenvalue weighted by atomic mass is 16.3. The first kappa shape index (κ1) is 8.77. The standard InChI is InChI=1S/C10H9NO3/c11-5-8(13)10-4-6-3-7(12)1-2-9(6)14-10/h1-4,12H,5,11H2. The Kier molecular flexibility index (Phi) is 1.98. The minimum absolute atomic E-state index is 0.0776. The van der Waals surface area contributed by atoms with Crippen LogP contribution in [0.25, 0.3) is 11.0 Å². The summed E-state index contributed by atoms with van der Waals surface area (Å²) in [5, 5.41) is 9.88. The molecule has 2 aromatic rings. The largest absolute Gasteiger partial charge is 0.508 e. The molecule has 0 saturated carbocycles. The van der Waals surface area contributed by atoms with Crippen molar-refractivity contribution in [2.75, 3.05) is 6.54 Å². The van der Waals surface area contributed by atoms with Crippen LogP contribution < -0.4 is 5.73 Å². The van der Waals surface area contributed by atoms with Crippen LogP contribution in [-0.4, -0.2) is 17.4 Å². The van der Waals surface area contributed by atoms with Gasteiger partial charge in [-0.05, 0) is 24.3 Å². The molecule has 0 atom stereocenters. The maximum atomic E-state index is 11.2. The van der Waals surface area contributed by atoms with Gasteiger partial charge in [-0.3, -0.25) is 4.79 Å². The van der Waals surface area contributed by atoms with Crippen LogP contribution >= 0.6 is 0 Å². The zero-order valence-electron chi connectivity index (χ0n) is 7.36. The van der Waals surface area contributed by atoms with Gasteiger partial charge in [0.1, 0.15) is 11.3 Å². The monoisotopic (exact) mass is 191 g/mol. The number of benzene rings is 1. The fraction of sp³-hybridized carbons (Fsp3) is 0.100. The van der Waals surface area contributed by atoms with Gasteiger partial charge >= 0.3 is 0 Å². The number of carbonyl (C=O) groups excluding carboxylic acids is 1. The lowest BCUT2D eigenvalue weighted by atomic mass is 10.2.